The number of aromatic nitrogens is 2. The summed E-state index contributed by atoms with van der Waals surface area (Å²) in [4.78, 5) is 30.7. The minimum absolute atomic E-state index is 0.0221. The van der Waals surface area contributed by atoms with E-state index in [1.807, 2.05) is 0 Å². The molecule has 0 unspecified atom stereocenters. The molecule has 1 aromatic heterocycles. The number of H-pyrrole nitrogens is 1. The summed E-state index contributed by atoms with van der Waals surface area (Å²) in [5, 5.41) is 2.90. The second-order valence-corrected chi connectivity index (χ2v) is 5.70. The number of nitrogens with one attached hydrogen (secondary N) is 2. The lowest BCUT2D eigenvalue weighted by Gasteiger charge is -2.09. The molecule has 0 radical (unpaired) electrons. The Morgan fingerprint density at radius 2 is 1.81 bits per heavy atom. The number of fused-ring (bicyclic) bond motifs is 1. The van der Waals surface area contributed by atoms with Gasteiger partial charge in [0.25, 0.3) is 5.56 Å². The quantitative estimate of drug-likeness (QED) is 0.716. The predicted molar refractivity (Wildman–Crippen MR) is 92.7 cm³/mol. The van der Waals surface area contributed by atoms with Crippen LogP contribution < -0.4 is 15.6 Å². The van der Waals surface area contributed by atoms with Gasteiger partial charge in [-0.25, -0.2) is 4.98 Å². The largest absolute Gasteiger partial charge is 0.484 e. The summed E-state index contributed by atoms with van der Waals surface area (Å²) in [5.74, 6) is -0.358. The molecule has 2 N–H and O–H groups in total. The molecule has 140 valence electrons. The lowest BCUT2D eigenvalue weighted by molar-refractivity contribution is -0.153. The third-order valence-corrected chi connectivity index (χ3v) is 3.56. The van der Waals surface area contributed by atoms with Gasteiger partial charge < -0.3 is 4.74 Å². The zero-order valence-corrected chi connectivity index (χ0v) is 13.8. The number of rotatable bonds is 5. The molecule has 0 saturated carbocycles. The first-order chi connectivity index (χ1) is 12.8. The first kappa shape index (κ1) is 18.4. The van der Waals surface area contributed by atoms with Crippen LogP contribution in [-0.4, -0.2) is 28.7 Å². The highest BCUT2D eigenvalue weighted by Crippen LogP contribution is 2.19. The topological polar surface area (TPSA) is 84.1 Å². The van der Waals surface area contributed by atoms with Crippen molar-refractivity contribution < 1.29 is 22.7 Å². The number of anilines is 1. The predicted octanol–water partition coefficient (Wildman–Crippen LogP) is 3.05. The van der Waals surface area contributed by atoms with E-state index in [-0.39, 0.29) is 23.7 Å². The van der Waals surface area contributed by atoms with Crippen molar-refractivity contribution in [3.8, 4) is 5.75 Å². The molecule has 6 nitrogen and oxygen atoms in total. The van der Waals surface area contributed by atoms with Crippen molar-refractivity contribution in [2.75, 3.05) is 11.9 Å². The highest BCUT2D eigenvalue weighted by molar-refractivity contribution is 5.91. The molecule has 0 bridgehead atoms. The summed E-state index contributed by atoms with van der Waals surface area (Å²) < 4.78 is 41.0. The van der Waals surface area contributed by atoms with Gasteiger partial charge >= 0.3 is 6.18 Å². The Labute approximate surface area is 151 Å². The Bertz CT molecular complexity index is 1010. The summed E-state index contributed by atoms with van der Waals surface area (Å²) in [6, 6.07) is 12.4. The molecule has 0 spiro atoms. The van der Waals surface area contributed by atoms with E-state index < -0.39 is 18.7 Å². The van der Waals surface area contributed by atoms with Crippen LogP contribution in [0.3, 0.4) is 0 Å². The maximum Gasteiger partial charge on any atom is 0.422 e. The van der Waals surface area contributed by atoms with Gasteiger partial charge in [-0.2, -0.15) is 13.2 Å². The Kier molecular flexibility index (Phi) is 5.11. The number of amides is 1. The molecule has 0 atom stereocenters. The minimum Gasteiger partial charge on any atom is -0.484 e. The molecule has 0 fully saturated rings. The number of aromatic amines is 1. The van der Waals surface area contributed by atoms with Crippen molar-refractivity contribution in [2.45, 2.75) is 12.6 Å². The van der Waals surface area contributed by atoms with Crippen LogP contribution in [0.5, 0.6) is 5.75 Å². The van der Waals surface area contributed by atoms with Gasteiger partial charge in [-0.15, -0.1) is 0 Å². The van der Waals surface area contributed by atoms with E-state index in [1.165, 1.54) is 24.3 Å². The number of halogens is 3. The molecule has 27 heavy (non-hydrogen) atoms. The van der Waals surface area contributed by atoms with Crippen molar-refractivity contribution in [3.05, 3.63) is 64.4 Å². The number of ether oxygens (including phenoxy) is 1. The first-order valence-electron chi connectivity index (χ1n) is 7.87. The standard InChI is InChI=1S/C18H14F3N3O3/c19-18(20,21)10-27-12-7-5-11(6-8-12)9-15(25)23-17-22-14-4-2-1-3-13(14)16(26)24-17/h1-8H,9-10H2,(H2,22,23,24,25,26). The molecule has 2 aromatic carbocycles. The van der Waals surface area contributed by atoms with E-state index in [0.29, 0.717) is 16.5 Å². The molecular formula is C18H14F3N3O3. The molecule has 0 aliphatic carbocycles. The summed E-state index contributed by atoms with van der Waals surface area (Å²) in [6.45, 7) is -1.38. The van der Waals surface area contributed by atoms with E-state index in [4.69, 9.17) is 0 Å². The zero-order chi connectivity index (χ0) is 19.4. The average molecular weight is 377 g/mol. The minimum atomic E-state index is -4.41. The molecule has 0 aliphatic heterocycles. The molecule has 3 aromatic rings. The smallest absolute Gasteiger partial charge is 0.422 e. The fourth-order valence-corrected chi connectivity index (χ4v) is 2.38. The molecule has 1 heterocycles. The van der Waals surface area contributed by atoms with Gasteiger partial charge in [-0.1, -0.05) is 24.3 Å². The van der Waals surface area contributed by atoms with Gasteiger partial charge in [-0.3, -0.25) is 19.9 Å². The van der Waals surface area contributed by atoms with Crippen LogP contribution >= 0.6 is 0 Å². The molecule has 0 aliphatic rings. The van der Waals surface area contributed by atoms with E-state index in [1.54, 1.807) is 24.3 Å². The number of hydrogen-bond acceptors (Lipinski definition) is 4. The highest BCUT2D eigenvalue weighted by Gasteiger charge is 2.28. The van der Waals surface area contributed by atoms with Gasteiger partial charge in [0.05, 0.1) is 17.3 Å². The summed E-state index contributed by atoms with van der Waals surface area (Å²) in [7, 11) is 0. The van der Waals surface area contributed by atoms with E-state index in [2.05, 4.69) is 20.0 Å². The fourth-order valence-electron chi connectivity index (χ4n) is 2.38. The lowest BCUT2D eigenvalue weighted by atomic mass is 10.1. The van der Waals surface area contributed by atoms with Gasteiger partial charge in [0.2, 0.25) is 11.9 Å². The van der Waals surface area contributed by atoms with Gasteiger partial charge in [0.1, 0.15) is 5.75 Å². The fraction of sp³-hybridized carbons (Fsp3) is 0.167. The van der Waals surface area contributed by atoms with Crippen LogP contribution in [0.4, 0.5) is 19.1 Å². The van der Waals surface area contributed by atoms with Crippen molar-refractivity contribution in [1.82, 2.24) is 9.97 Å². The van der Waals surface area contributed by atoms with Gasteiger partial charge in [0.15, 0.2) is 6.61 Å². The number of benzene rings is 2. The summed E-state index contributed by atoms with van der Waals surface area (Å²) >= 11 is 0. The first-order valence-corrected chi connectivity index (χ1v) is 7.87. The molecule has 3 rings (SSSR count). The van der Waals surface area contributed by atoms with Crippen LogP contribution in [0, 0.1) is 0 Å². The van der Waals surface area contributed by atoms with Crippen LogP contribution in [0.2, 0.25) is 0 Å². The maximum absolute atomic E-state index is 12.1. The summed E-state index contributed by atoms with van der Waals surface area (Å²) in [5.41, 5.74) is 0.639. The molecular weight excluding hydrogens is 363 g/mol. The Balaban J connectivity index is 1.63. The zero-order valence-electron chi connectivity index (χ0n) is 13.8. The number of carbonyl (C=O) groups is 1. The van der Waals surface area contributed by atoms with Gasteiger partial charge in [0, 0.05) is 0 Å². The molecule has 0 saturated heterocycles. The maximum atomic E-state index is 12.1. The Morgan fingerprint density at radius 3 is 2.52 bits per heavy atom. The normalized spacial score (nSPS) is 11.4. The number of para-hydroxylation sites is 1. The van der Waals surface area contributed by atoms with Crippen LogP contribution in [0.25, 0.3) is 10.9 Å². The third-order valence-electron chi connectivity index (χ3n) is 3.56. The van der Waals surface area contributed by atoms with E-state index in [9.17, 15) is 22.8 Å². The monoisotopic (exact) mass is 377 g/mol. The van der Waals surface area contributed by atoms with Crippen LogP contribution in [0.15, 0.2) is 53.3 Å². The number of carbonyl (C=O) groups excluding carboxylic acids is 1. The van der Waals surface area contributed by atoms with Crippen LogP contribution in [-0.2, 0) is 11.2 Å². The molecule has 1 amide bonds. The van der Waals surface area contributed by atoms with Crippen molar-refractivity contribution in [2.24, 2.45) is 0 Å². The van der Waals surface area contributed by atoms with Crippen molar-refractivity contribution in [1.29, 1.82) is 0 Å². The van der Waals surface area contributed by atoms with Crippen LogP contribution in [0.1, 0.15) is 5.56 Å². The average Bonchev–Trinajstić information content (AvgIpc) is 2.60. The Hall–Kier alpha value is -3.36. The SMILES string of the molecule is O=C(Cc1ccc(OCC(F)(F)F)cc1)Nc1nc2ccccc2c(=O)[nH]1. The second kappa shape index (κ2) is 7.48. The summed E-state index contributed by atoms with van der Waals surface area (Å²) in [6.07, 6.45) is -4.46. The lowest BCUT2D eigenvalue weighted by Crippen LogP contribution is -2.20. The number of hydrogen-bond donors (Lipinski definition) is 2. The number of nitrogens with zero attached hydrogens (tertiary/aromatic N) is 1. The molecule has 9 heteroatoms. The number of alkyl halides is 3. The third kappa shape index (κ3) is 5.06. The highest BCUT2D eigenvalue weighted by atomic mass is 19.4. The van der Waals surface area contributed by atoms with Gasteiger partial charge in [-0.05, 0) is 29.8 Å². The second-order valence-electron chi connectivity index (χ2n) is 5.70. The van der Waals surface area contributed by atoms with Crippen molar-refractivity contribution >= 4 is 22.8 Å². The van der Waals surface area contributed by atoms with E-state index >= 15 is 0 Å². The van der Waals surface area contributed by atoms with E-state index in [0.717, 1.165) is 0 Å². The Morgan fingerprint density at radius 1 is 1.11 bits per heavy atom. The van der Waals surface area contributed by atoms with Crippen molar-refractivity contribution in [3.63, 3.8) is 0 Å².